The van der Waals surface area contributed by atoms with Gasteiger partial charge in [-0.3, -0.25) is 4.57 Å². The maximum Gasteiger partial charge on any atom is 0.261 e. The molecule has 1 atom stereocenters. The number of nitrogens with zero attached hydrogens (tertiary/aromatic N) is 4. The molecule has 6 aromatic carbocycles. The van der Waals surface area contributed by atoms with Gasteiger partial charge in [0.1, 0.15) is 5.82 Å². The minimum atomic E-state index is -1.59. The fourth-order valence-corrected chi connectivity index (χ4v) is 7.81. The lowest BCUT2D eigenvalue weighted by molar-refractivity contribution is 0.355. The molecule has 0 bridgehead atoms. The molecule has 2 heterocycles. The molecule has 0 N–H and O–H groups in total. The van der Waals surface area contributed by atoms with Gasteiger partial charge in [-0.1, -0.05) is 94.9 Å². The molecule has 0 radical (unpaired) electrons. The Morgan fingerprint density at radius 1 is 0.483 bits per heavy atom. The van der Waals surface area contributed by atoms with E-state index in [1.54, 1.807) is 28.4 Å². The average Bonchev–Trinajstić information content (AvgIpc) is 3.85. The third-order valence-corrected chi connectivity index (χ3v) is 11.0. The van der Waals surface area contributed by atoms with Gasteiger partial charge in [-0.15, -0.1) is 0 Å². The molecule has 0 amide bonds. The van der Waals surface area contributed by atoms with Crippen LogP contribution in [0, 0.1) is 0 Å². The largest absolute Gasteiger partial charge is 0.493 e. The predicted molar refractivity (Wildman–Crippen MR) is 234 cm³/mol. The number of ether oxygens (including phenoxy) is 4. The van der Waals surface area contributed by atoms with Gasteiger partial charge in [0.25, 0.3) is 5.79 Å². The van der Waals surface area contributed by atoms with E-state index in [1.165, 1.54) is 0 Å². The Morgan fingerprint density at radius 3 is 1.53 bits per heavy atom. The van der Waals surface area contributed by atoms with Crippen molar-refractivity contribution >= 4 is 57.8 Å². The number of halogens is 4. The van der Waals surface area contributed by atoms with Gasteiger partial charge in [-0.25, -0.2) is 15.0 Å². The van der Waals surface area contributed by atoms with E-state index >= 15 is 0 Å². The lowest BCUT2D eigenvalue weighted by atomic mass is 9.99. The van der Waals surface area contributed by atoms with E-state index in [2.05, 4.69) is 0 Å². The molecule has 1 aliphatic rings. The molecule has 0 saturated heterocycles. The monoisotopic (exact) mass is 846 g/mol. The van der Waals surface area contributed by atoms with E-state index < -0.39 is 5.79 Å². The van der Waals surface area contributed by atoms with Crippen LogP contribution in [0.5, 0.6) is 23.0 Å². The fraction of sp³-hybridized carbons (Fsp3) is 0.109. The number of hydrogen-bond acceptors (Lipinski definition) is 7. The van der Waals surface area contributed by atoms with Gasteiger partial charge in [-0.05, 0) is 84.9 Å². The molecule has 8 nitrogen and oxygen atoms in total. The molecule has 1 unspecified atom stereocenters. The van der Waals surface area contributed by atoms with Crippen LogP contribution in [0.4, 0.5) is 0 Å². The first-order valence-corrected chi connectivity index (χ1v) is 19.5. The molecular weight excluding hydrogens is 814 g/mol. The lowest BCUT2D eigenvalue weighted by Crippen LogP contribution is -2.31. The number of hydrogen-bond donors (Lipinski definition) is 0. The zero-order chi connectivity index (χ0) is 40.6. The Bertz CT molecular complexity index is 2730. The van der Waals surface area contributed by atoms with Gasteiger partial charge in [0, 0.05) is 48.4 Å². The molecule has 1 aliphatic heterocycles. The minimum absolute atomic E-state index is 0.483. The van der Waals surface area contributed by atoms with Gasteiger partial charge in [0.05, 0.1) is 56.3 Å². The highest BCUT2D eigenvalue weighted by Gasteiger charge is 2.45. The molecule has 12 heteroatoms. The van der Waals surface area contributed by atoms with Crippen molar-refractivity contribution in [3.05, 3.63) is 170 Å². The zero-order valence-electron chi connectivity index (χ0n) is 31.6. The highest BCUT2D eigenvalue weighted by atomic mass is 35.5. The Kier molecular flexibility index (Phi) is 10.9. The molecule has 290 valence electrons. The maximum absolute atomic E-state index is 7.19. The van der Waals surface area contributed by atoms with Crippen molar-refractivity contribution in [3.8, 4) is 56.9 Å². The van der Waals surface area contributed by atoms with Crippen molar-refractivity contribution in [2.24, 2.45) is 9.98 Å². The summed E-state index contributed by atoms with van der Waals surface area (Å²) in [5, 5.41) is 2.07. The maximum atomic E-state index is 7.19. The second-order valence-corrected chi connectivity index (χ2v) is 14.8. The predicted octanol–water partition coefficient (Wildman–Crippen LogP) is 12.2. The molecule has 8 rings (SSSR count). The van der Waals surface area contributed by atoms with Crippen LogP contribution in [0.25, 0.3) is 33.9 Å². The van der Waals surface area contributed by atoms with Gasteiger partial charge >= 0.3 is 0 Å². The van der Waals surface area contributed by atoms with Crippen LogP contribution in [0.3, 0.4) is 0 Å². The molecule has 0 fully saturated rings. The summed E-state index contributed by atoms with van der Waals surface area (Å²) in [6.07, 6.45) is 0. The van der Waals surface area contributed by atoms with Crippen molar-refractivity contribution in [1.82, 2.24) is 9.55 Å². The average molecular weight is 849 g/mol. The summed E-state index contributed by atoms with van der Waals surface area (Å²) in [5.74, 6) is 1.09. The van der Waals surface area contributed by atoms with Gasteiger partial charge in [-0.2, -0.15) is 0 Å². The lowest BCUT2D eigenvalue weighted by Gasteiger charge is -2.30. The molecule has 58 heavy (non-hydrogen) atoms. The number of rotatable bonds is 11. The second-order valence-electron chi connectivity index (χ2n) is 13.1. The van der Waals surface area contributed by atoms with Crippen molar-refractivity contribution < 1.29 is 18.9 Å². The van der Waals surface area contributed by atoms with E-state index in [0.717, 1.165) is 11.1 Å². The number of methoxy groups -OCH3 is 4. The van der Waals surface area contributed by atoms with E-state index in [0.29, 0.717) is 94.0 Å². The van der Waals surface area contributed by atoms with Crippen molar-refractivity contribution in [3.63, 3.8) is 0 Å². The smallest absolute Gasteiger partial charge is 0.261 e. The third-order valence-electron chi connectivity index (χ3n) is 9.85. The molecule has 0 spiro atoms. The number of aromatic nitrogens is 2. The first-order chi connectivity index (χ1) is 28.2. The number of aliphatic imine (C=N–C) groups is 2. The van der Waals surface area contributed by atoms with Crippen LogP contribution in [0.1, 0.15) is 16.7 Å². The highest BCUT2D eigenvalue weighted by molar-refractivity contribution is 6.56. The van der Waals surface area contributed by atoms with E-state index in [-0.39, 0.29) is 0 Å². The molecule has 1 aromatic heterocycles. The van der Waals surface area contributed by atoms with Crippen LogP contribution in [-0.2, 0) is 5.79 Å². The van der Waals surface area contributed by atoms with Crippen LogP contribution in [0.15, 0.2) is 143 Å². The summed E-state index contributed by atoms with van der Waals surface area (Å²) < 4.78 is 24.8. The van der Waals surface area contributed by atoms with E-state index in [9.17, 15) is 0 Å². The van der Waals surface area contributed by atoms with E-state index in [4.69, 9.17) is 80.3 Å². The summed E-state index contributed by atoms with van der Waals surface area (Å²) in [5.41, 5.74) is 6.47. The molecular formula is C46H34Cl4N4O4. The summed E-state index contributed by atoms with van der Waals surface area (Å²) in [4.78, 5) is 16.9. The zero-order valence-corrected chi connectivity index (χ0v) is 34.7. The highest BCUT2D eigenvalue weighted by Crippen LogP contribution is 2.49. The Hall–Kier alpha value is -5.77. The number of benzene rings is 6. The molecule has 0 aliphatic carbocycles. The third kappa shape index (κ3) is 6.96. The minimum Gasteiger partial charge on any atom is -0.493 e. The topological polar surface area (TPSA) is 79.5 Å². The van der Waals surface area contributed by atoms with Crippen LogP contribution < -0.4 is 18.9 Å². The SMILES string of the molecule is COc1ccc(C2=NC(c3ccc(Cl)cc3)(n3c(-c4ccc(Cl)cc4)nc(-c4ccc(OC)c(OC)c4)c3-c3ccccc3Cl)N=C2c2ccccc2Cl)cc1OC. The van der Waals surface area contributed by atoms with Crippen molar-refractivity contribution in [2.45, 2.75) is 5.79 Å². The second kappa shape index (κ2) is 16.2. The van der Waals surface area contributed by atoms with Crippen LogP contribution >= 0.6 is 46.4 Å². The Labute approximate surface area is 355 Å². The van der Waals surface area contributed by atoms with E-state index in [1.807, 2.05) is 138 Å². The Morgan fingerprint density at radius 2 is 0.966 bits per heavy atom. The van der Waals surface area contributed by atoms with Crippen molar-refractivity contribution in [2.75, 3.05) is 28.4 Å². The fourth-order valence-electron chi connectivity index (χ4n) is 7.10. The number of imidazole rings is 1. The van der Waals surface area contributed by atoms with Gasteiger partial charge in [0.15, 0.2) is 23.0 Å². The van der Waals surface area contributed by atoms with Gasteiger partial charge in [0.2, 0.25) is 0 Å². The summed E-state index contributed by atoms with van der Waals surface area (Å²) >= 11 is 27.3. The molecule has 0 saturated carbocycles. The molecule has 7 aromatic rings. The normalized spacial score (nSPS) is 14.8. The first kappa shape index (κ1) is 39.1. The standard InChI is InChI=1S/C46H34Cl4N4O4/c1-55-37-23-15-28(25-39(37)57-3)41-43(33-9-5-7-11-35(33)49)53-46(52-41,30-17-21-32(48)22-18-30)54-44(34-10-6-8-12-36(34)50)42(29-16-24-38(56-2)40(26-29)58-4)51-45(54)27-13-19-31(47)20-14-27/h5-26H,1-4H3. The quantitative estimate of drug-likeness (QED) is 0.130. The summed E-state index contributed by atoms with van der Waals surface area (Å²) in [7, 11) is 6.38. The Balaban J connectivity index is 1.58. The first-order valence-electron chi connectivity index (χ1n) is 18.0. The van der Waals surface area contributed by atoms with Crippen LogP contribution in [-0.4, -0.2) is 49.4 Å². The summed E-state index contributed by atoms with van der Waals surface area (Å²) in [6, 6.07) is 41.4. The summed E-state index contributed by atoms with van der Waals surface area (Å²) in [6.45, 7) is 0. The van der Waals surface area contributed by atoms with Gasteiger partial charge < -0.3 is 18.9 Å². The van der Waals surface area contributed by atoms with Crippen LogP contribution in [0.2, 0.25) is 20.1 Å². The van der Waals surface area contributed by atoms with Crippen molar-refractivity contribution in [1.29, 1.82) is 0 Å².